The van der Waals surface area contributed by atoms with Crippen molar-refractivity contribution >= 4 is 29.1 Å². The Balaban J connectivity index is 1.33. The Morgan fingerprint density at radius 1 is 1.17 bits per heavy atom. The number of ketones is 1. The summed E-state index contributed by atoms with van der Waals surface area (Å²) in [7, 11) is 0. The van der Waals surface area contributed by atoms with Crippen LogP contribution < -0.4 is 4.90 Å². The minimum atomic E-state index is -0.0769. The van der Waals surface area contributed by atoms with Crippen LogP contribution in [0.5, 0.6) is 0 Å². The highest BCUT2D eigenvalue weighted by molar-refractivity contribution is 6.30. The molecule has 29 heavy (non-hydrogen) atoms. The molecule has 0 aromatic carbocycles. The van der Waals surface area contributed by atoms with Crippen molar-refractivity contribution in [2.75, 3.05) is 11.4 Å². The molecule has 4 rings (SSSR count). The number of nitrogens with zero attached hydrogens (tertiary/aromatic N) is 5. The molecular formula is C20H20ClN5O3. The first kappa shape index (κ1) is 19.3. The number of pyridine rings is 1. The molecule has 0 unspecified atom stereocenters. The summed E-state index contributed by atoms with van der Waals surface area (Å²) in [5, 5.41) is 8.85. The predicted molar refractivity (Wildman–Crippen MR) is 107 cm³/mol. The monoisotopic (exact) mass is 413 g/mol. The van der Waals surface area contributed by atoms with E-state index in [9.17, 15) is 9.59 Å². The van der Waals surface area contributed by atoms with Crippen molar-refractivity contribution in [3.63, 3.8) is 0 Å². The lowest BCUT2D eigenvalue weighted by atomic mass is 10.1. The van der Waals surface area contributed by atoms with Gasteiger partial charge in [0.2, 0.25) is 5.91 Å². The molecule has 0 saturated carbocycles. The van der Waals surface area contributed by atoms with Gasteiger partial charge >= 0.3 is 0 Å². The quantitative estimate of drug-likeness (QED) is 0.615. The average molecular weight is 414 g/mol. The fraction of sp³-hybridized carbons (Fsp3) is 0.350. The van der Waals surface area contributed by atoms with Crippen molar-refractivity contribution in [2.24, 2.45) is 0 Å². The number of carbonyl (C=O) groups is 2. The Morgan fingerprint density at radius 3 is 2.86 bits per heavy atom. The minimum absolute atomic E-state index is 0.0672. The van der Waals surface area contributed by atoms with Gasteiger partial charge in [0.05, 0.1) is 17.1 Å². The summed E-state index contributed by atoms with van der Waals surface area (Å²) in [5.74, 6) is 1.11. The molecule has 3 aromatic heterocycles. The van der Waals surface area contributed by atoms with Crippen molar-refractivity contribution in [1.82, 2.24) is 19.9 Å². The molecule has 0 N–H and O–H groups in total. The minimum Gasteiger partial charge on any atom is -0.360 e. The van der Waals surface area contributed by atoms with Crippen molar-refractivity contribution < 1.29 is 14.1 Å². The lowest BCUT2D eigenvalue weighted by Crippen LogP contribution is -2.37. The molecular weight excluding hydrogens is 394 g/mol. The molecule has 0 bridgehead atoms. The molecule has 1 aliphatic heterocycles. The second kappa shape index (κ2) is 8.16. The van der Waals surface area contributed by atoms with Crippen LogP contribution in [0, 0.1) is 6.92 Å². The zero-order valence-electron chi connectivity index (χ0n) is 16.0. The van der Waals surface area contributed by atoms with Gasteiger partial charge in [0, 0.05) is 56.0 Å². The van der Waals surface area contributed by atoms with Gasteiger partial charge < -0.3 is 4.52 Å². The second-order valence-electron chi connectivity index (χ2n) is 7.05. The topological polar surface area (TPSA) is 94.1 Å². The second-order valence-corrected chi connectivity index (χ2v) is 7.49. The van der Waals surface area contributed by atoms with Crippen molar-refractivity contribution in [3.05, 3.63) is 47.1 Å². The number of rotatable bonds is 6. The number of aromatic nitrogens is 4. The van der Waals surface area contributed by atoms with E-state index >= 15 is 0 Å². The van der Waals surface area contributed by atoms with E-state index in [1.54, 1.807) is 23.2 Å². The number of hydrogen-bond acceptors (Lipinski definition) is 6. The number of aryl methyl sites for hydroxylation is 2. The number of anilines is 1. The molecule has 150 valence electrons. The normalized spacial score (nSPS) is 13.4. The number of amides is 1. The maximum atomic E-state index is 12.6. The fourth-order valence-electron chi connectivity index (χ4n) is 3.41. The Hall–Kier alpha value is -3.00. The first-order valence-electron chi connectivity index (χ1n) is 9.42. The molecule has 4 heterocycles. The molecule has 8 nitrogen and oxygen atoms in total. The molecule has 0 radical (unpaired) electrons. The third-order valence-corrected chi connectivity index (χ3v) is 4.97. The van der Waals surface area contributed by atoms with Gasteiger partial charge in [0.1, 0.15) is 23.1 Å². The molecule has 1 amide bonds. The molecule has 0 atom stereocenters. The van der Waals surface area contributed by atoms with E-state index in [0.717, 1.165) is 24.5 Å². The van der Waals surface area contributed by atoms with Gasteiger partial charge in [0.15, 0.2) is 0 Å². The highest BCUT2D eigenvalue weighted by Gasteiger charge is 2.24. The summed E-state index contributed by atoms with van der Waals surface area (Å²) < 4.78 is 7.10. The zero-order chi connectivity index (χ0) is 20.4. The van der Waals surface area contributed by atoms with Crippen LogP contribution in [0.15, 0.2) is 35.1 Å². The van der Waals surface area contributed by atoms with Crippen LogP contribution in [0.2, 0.25) is 5.02 Å². The summed E-state index contributed by atoms with van der Waals surface area (Å²) in [6.07, 6.45) is 4.40. The van der Waals surface area contributed by atoms with Gasteiger partial charge in [-0.15, -0.1) is 0 Å². The number of fused-ring (bicyclic) bond motifs is 1. The van der Waals surface area contributed by atoms with Crippen LogP contribution in [0.1, 0.15) is 30.7 Å². The SMILES string of the molecule is Cc1cc2n(n1)CCCN2C(=O)CCC(=O)Cc1cc(-c2cncc(Cl)c2)no1. The van der Waals surface area contributed by atoms with Gasteiger partial charge in [-0.3, -0.25) is 19.5 Å². The van der Waals surface area contributed by atoms with Gasteiger partial charge in [-0.05, 0) is 19.4 Å². The van der Waals surface area contributed by atoms with Crippen LogP contribution in [-0.2, 0) is 22.6 Å². The highest BCUT2D eigenvalue weighted by Crippen LogP contribution is 2.24. The van der Waals surface area contributed by atoms with Gasteiger partial charge in [-0.25, -0.2) is 4.68 Å². The van der Waals surface area contributed by atoms with E-state index in [2.05, 4.69) is 15.2 Å². The molecule has 0 saturated heterocycles. The molecule has 9 heteroatoms. The zero-order valence-corrected chi connectivity index (χ0v) is 16.7. The largest absolute Gasteiger partial charge is 0.360 e. The van der Waals surface area contributed by atoms with E-state index in [1.807, 2.05) is 17.7 Å². The lowest BCUT2D eigenvalue weighted by Gasteiger charge is -2.27. The number of halogens is 1. The van der Waals surface area contributed by atoms with Crippen LogP contribution in [0.25, 0.3) is 11.3 Å². The Morgan fingerprint density at radius 2 is 2.03 bits per heavy atom. The smallest absolute Gasteiger partial charge is 0.228 e. The van der Waals surface area contributed by atoms with E-state index < -0.39 is 0 Å². The Bertz CT molecular complexity index is 1060. The average Bonchev–Trinajstić information content (AvgIpc) is 3.31. The Kier molecular flexibility index (Phi) is 5.44. The molecule has 0 fully saturated rings. The molecule has 0 spiro atoms. The number of carbonyl (C=O) groups excluding carboxylic acids is 2. The van der Waals surface area contributed by atoms with E-state index in [0.29, 0.717) is 28.6 Å². The summed E-state index contributed by atoms with van der Waals surface area (Å²) >= 11 is 5.94. The maximum absolute atomic E-state index is 12.6. The number of Topliss-reactive ketones (excluding diaryl/α,β-unsaturated/α-hetero) is 1. The van der Waals surface area contributed by atoms with E-state index in [-0.39, 0.29) is 31.0 Å². The molecule has 3 aromatic rings. The first-order chi connectivity index (χ1) is 14.0. The van der Waals surface area contributed by atoms with Crippen molar-refractivity contribution in [3.8, 4) is 11.3 Å². The Labute approximate surface area is 172 Å². The fourth-order valence-corrected chi connectivity index (χ4v) is 3.58. The summed E-state index contributed by atoms with van der Waals surface area (Å²) in [4.78, 5) is 30.7. The van der Waals surface area contributed by atoms with Crippen molar-refractivity contribution in [1.29, 1.82) is 0 Å². The van der Waals surface area contributed by atoms with Crippen molar-refractivity contribution in [2.45, 2.75) is 39.2 Å². The first-order valence-corrected chi connectivity index (χ1v) is 9.80. The molecule has 0 aliphatic carbocycles. The van der Waals surface area contributed by atoms with E-state index in [1.165, 1.54) is 6.20 Å². The number of hydrogen-bond donors (Lipinski definition) is 0. The van der Waals surface area contributed by atoms with Crippen LogP contribution >= 0.6 is 11.6 Å². The standard InChI is InChI=1S/C20H20ClN5O3/c1-13-7-19-25(5-2-6-26(19)23-13)20(28)4-3-16(27)9-17-10-18(24-29-17)14-8-15(21)12-22-11-14/h7-8,10-12H,2-6,9H2,1H3. The van der Waals surface area contributed by atoms with Gasteiger partial charge in [-0.2, -0.15) is 5.10 Å². The van der Waals surface area contributed by atoms with E-state index in [4.69, 9.17) is 16.1 Å². The predicted octanol–water partition coefficient (Wildman–Crippen LogP) is 3.22. The maximum Gasteiger partial charge on any atom is 0.228 e. The lowest BCUT2D eigenvalue weighted by molar-refractivity contribution is -0.124. The summed E-state index contributed by atoms with van der Waals surface area (Å²) in [6.45, 7) is 3.36. The third-order valence-electron chi connectivity index (χ3n) is 4.76. The molecule has 1 aliphatic rings. The van der Waals surface area contributed by atoms with Crippen LogP contribution in [0.4, 0.5) is 5.82 Å². The summed E-state index contributed by atoms with van der Waals surface area (Å²) in [6, 6.07) is 5.32. The summed E-state index contributed by atoms with van der Waals surface area (Å²) in [5.41, 5.74) is 2.16. The van der Waals surface area contributed by atoms with Crippen LogP contribution in [0.3, 0.4) is 0 Å². The van der Waals surface area contributed by atoms with Gasteiger partial charge in [0.25, 0.3) is 0 Å². The highest BCUT2D eigenvalue weighted by atomic mass is 35.5. The van der Waals surface area contributed by atoms with Crippen LogP contribution in [-0.4, -0.2) is 38.2 Å². The van der Waals surface area contributed by atoms with Gasteiger partial charge in [-0.1, -0.05) is 16.8 Å². The third kappa shape index (κ3) is 4.37.